The summed E-state index contributed by atoms with van der Waals surface area (Å²) in [5, 5.41) is 0. The predicted octanol–water partition coefficient (Wildman–Crippen LogP) is 0.284. The second-order valence-electron chi connectivity index (χ2n) is 0.588. The SMILES string of the molecule is C=C=C.N[PH](=O)O. The van der Waals surface area contributed by atoms with E-state index < -0.39 is 8.18 Å². The highest BCUT2D eigenvalue weighted by Crippen LogP contribution is 1.91. The first kappa shape index (κ1) is 9.83. The Hall–Kier alpha value is -0.330. The van der Waals surface area contributed by atoms with Gasteiger partial charge in [-0.15, -0.1) is 5.73 Å². The van der Waals surface area contributed by atoms with Crippen molar-refractivity contribution < 1.29 is 9.46 Å². The minimum atomic E-state index is -2.63. The molecule has 0 rings (SSSR count). The molecule has 0 spiro atoms. The molecule has 42 valence electrons. The van der Waals surface area contributed by atoms with E-state index in [4.69, 9.17) is 9.46 Å². The monoisotopic (exact) mass is 121 g/mol. The minimum Gasteiger partial charge on any atom is -0.336 e. The zero-order valence-electron chi connectivity index (χ0n) is 3.85. The standard InChI is InChI=1S/C3H4.H4NO2P/c1-3-2;1-4(2)3/h1-2H2;4H,(H3,1,2,3). The molecule has 0 amide bonds. The summed E-state index contributed by atoms with van der Waals surface area (Å²) in [6, 6.07) is 0. The quantitative estimate of drug-likeness (QED) is 0.357. The number of hydrogen-bond acceptors (Lipinski definition) is 1. The van der Waals surface area contributed by atoms with Gasteiger partial charge in [0.2, 0.25) is 0 Å². The third-order valence-corrected chi connectivity index (χ3v) is 0. The Labute approximate surface area is 43.1 Å². The highest BCUT2D eigenvalue weighted by atomic mass is 31.1. The van der Waals surface area contributed by atoms with Gasteiger partial charge in [0, 0.05) is 0 Å². The van der Waals surface area contributed by atoms with Crippen LogP contribution in [0.4, 0.5) is 0 Å². The van der Waals surface area contributed by atoms with Gasteiger partial charge in [-0.25, -0.2) is 0 Å². The van der Waals surface area contributed by atoms with Crippen LogP contribution >= 0.6 is 8.18 Å². The van der Waals surface area contributed by atoms with Crippen molar-refractivity contribution in [3.8, 4) is 0 Å². The van der Waals surface area contributed by atoms with E-state index in [0.29, 0.717) is 0 Å². The number of hydrogen-bond donors (Lipinski definition) is 2. The van der Waals surface area contributed by atoms with E-state index in [1.807, 2.05) is 0 Å². The molecule has 0 aliphatic rings. The van der Waals surface area contributed by atoms with E-state index in [2.05, 4.69) is 24.4 Å². The minimum absolute atomic E-state index is 2.25. The van der Waals surface area contributed by atoms with E-state index in [1.165, 1.54) is 0 Å². The Bertz CT molecular complexity index is 80.9. The summed E-state index contributed by atoms with van der Waals surface area (Å²) in [6.07, 6.45) is 0. The van der Waals surface area contributed by atoms with Crippen LogP contribution in [0, 0.1) is 0 Å². The van der Waals surface area contributed by atoms with E-state index in [1.54, 1.807) is 0 Å². The summed E-state index contributed by atoms with van der Waals surface area (Å²) in [7, 11) is -2.63. The van der Waals surface area contributed by atoms with Gasteiger partial charge in [0.1, 0.15) is 0 Å². The second kappa shape index (κ2) is 9.18. The van der Waals surface area contributed by atoms with Crippen molar-refractivity contribution >= 4 is 8.18 Å². The van der Waals surface area contributed by atoms with Crippen LogP contribution < -0.4 is 5.50 Å². The number of rotatable bonds is 0. The molecule has 0 aromatic heterocycles. The van der Waals surface area contributed by atoms with Crippen LogP contribution in [-0.4, -0.2) is 4.89 Å². The topological polar surface area (TPSA) is 63.3 Å². The summed E-state index contributed by atoms with van der Waals surface area (Å²) in [5.74, 6) is 0. The van der Waals surface area contributed by atoms with Crippen LogP contribution in [0.1, 0.15) is 0 Å². The van der Waals surface area contributed by atoms with Crippen molar-refractivity contribution in [3.05, 3.63) is 18.9 Å². The number of nitrogens with two attached hydrogens (primary N) is 1. The molecule has 0 aromatic carbocycles. The molecule has 3 N–H and O–H groups in total. The summed E-state index contributed by atoms with van der Waals surface area (Å²) in [4.78, 5) is 7.38. The molecule has 0 aromatic rings. The van der Waals surface area contributed by atoms with Gasteiger partial charge in [-0.2, -0.15) is 0 Å². The molecule has 0 fully saturated rings. The zero-order chi connectivity index (χ0) is 6.28. The van der Waals surface area contributed by atoms with Gasteiger partial charge >= 0.3 is 0 Å². The lowest BCUT2D eigenvalue weighted by Gasteiger charge is -1.62. The second-order valence-corrected chi connectivity index (χ2v) is 1.26. The summed E-state index contributed by atoms with van der Waals surface area (Å²) in [5.41, 5.74) is 6.46. The highest BCUT2D eigenvalue weighted by molar-refractivity contribution is 7.35. The predicted molar refractivity (Wildman–Crippen MR) is 30.2 cm³/mol. The molecule has 4 heteroatoms. The molecule has 1 atom stereocenters. The van der Waals surface area contributed by atoms with Crippen molar-refractivity contribution in [1.82, 2.24) is 0 Å². The highest BCUT2D eigenvalue weighted by Gasteiger charge is 1.58. The molecule has 0 heterocycles. The maximum Gasteiger partial charge on any atom is 0.253 e. The van der Waals surface area contributed by atoms with Gasteiger partial charge in [-0.3, -0.25) is 10.1 Å². The van der Waals surface area contributed by atoms with Crippen LogP contribution in [0.5, 0.6) is 0 Å². The fourth-order valence-corrected chi connectivity index (χ4v) is 0. The molecule has 0 radical (unpaired) electrons. The average Bonchev–Trinajstić information content (AvgIpc) is 1.33. The Morgan fingerprint density at radius 3 is 1.71 bits per heavy atom. The first-order valence-corrected chi connectivity index (χ1v) is 2.86. The van der Waals surface area contributed by atoms with Gasteiger partial charge in [-0.1, -0.05) is 13.2 Å². The molecule has 1 unspecified atom stereocenters. The first-order valence-electron chi connectivity index (χ1n) is 1.42. The van der Waals surface area contributed by atoms with Gasteiger partial charge in [0.15, 0.2) is 0 Å². The summed E-state index contributed by atoms with van der Waals surface area (Å²) >= 11 is 0. The van der Waals surface area contributed by atoms with Gasteiger partial charge < -0.3 is 4.89 Å². The lowest BCUT2D eigenvalue weighted by molar-refractivity contribution is 0.504. The van der Waals surface area contributed by atoms with Crippen LogP contribution in [0.25, 0.3) is 0 Å². The van der Waals surface area contributed by atoms with Crippen LogP contribution in [-0.2, 0) is 4.57 Å². The van der Waals surface area contributed by atoms with Crippen LogP contribution in [0.3, 0.4) is 0 Å². The van der Waals surface area contributed by atoms with Crippen LogP contribution in [0.15, 0.2) is 18.9 Å². The van der Waals surface area contributed by atoms with Gasteiger partial charge in [0.05, 0.1) is 0 Å². The third-order valence-electron chi connectivity index (χ3n) is 0. The molecular weight excluding hydrogens is 113 g/mol. The van der Waals surface area contributed by atoms with Crippen molar-refractivity contribution in [2.24, 2.45) is 5.50 Å². The molecule has 0 aliphatic carbocycles. The van der Waals surface area contributed by atoms with Gasteiger partial charge in [0.25, 0.3) is 8.18 Å². The van der Waals surface area contributed by atoms with Crippen molar-refractivity contribution in [1.29, 1.82) is 0 Å². The maximum absolute atomic E-state index is 8.96. The molecule has 7 heavy (non-hydrogen) atoms. The Morgan fingerprint density at radius 2 is 1.71 bits per heavy atom. The largest absolute Gasteiger partial charge is 0.336 e. The zero-order valence-corrected chi connectivity index (χ0v) is 4.85. The Kier molecular flexibility index (Phi) is 12.9. The fraction of sp³-hybridized carbons (Fsp3) is 0. The fourth-order valence-electron chi connectivity index (χ4n) is 0. The van der Waals surface area contributed by atoms with E-state index in [-0.39, 0.29) is 0 Å². The van der Waals surface area contributed by atoms with E-state index in [0.717, 1.165) is 0 Å². The Morgan fingerprint density at radius 1 is 1.71 bits per heavy atom. The third kappa shape index (κ3) is 701. The van der Waals surface area contributed by atoms with E-state index >= 15 is 0 Å². The first-order chi connectivity index (χ1) is 3.15. The van der Waals surface area contributed by atoms with Crippen molar-refractivity contribution in [2.45, 2.75) is 0 Å². The average molecular weight is 121 g/mol. The van der Waals surface area contributed by atoms with Crippen molar-refractivity contribution in [2.75, 3.05) is 0 Å². The van der Waals surface area contributed by atoms with Crippen LogP contribution in [0.2, 0.25) is 0 Å². The van der Waals surface area contributed by atoms with E-state index in [9.17, 15) is 0 Å². The maximum atomic E-state index is 8.96. The molecule has 0 saturated carbocycles. The summed E-state index contributed by atoms with van der Waals surface area (Å²) in [6.45, 7) is 6.25. The Balaban J connectivity index is 0. The lowest BCUT2D eigenvalue weighted by Crippen LogP contribution is -1.68. The lowest BCUT2D eigenvalue weighted by atomic mass is 11.0. The molecule has 0 bridgehead atoms. The van der Waals surface area contributed by atoms with Crippen molar-refractivity contribution in [3.63, 3.8) is 0 Å². The normalized spacial score (nSPS) is 10.0. The van der Waals surface area contributed by atoms with Gasteiger partial charge in [-0.05, 0) is 0 Å². The molecule has 0 saturated heterocycles. The molecular formula is C3H8NO2P. The molecule has 3 nitrogen and oxygen atoms in total. The smallest absolute Gasteiger partial charge is 0.253 e. The molecule has 0 aliphatic heterocycles. The summed E-state index contributed by atoms with van der Waals surface area (Å²) < 4.78 is 8.96.